The summed E-state index contributed by atoms with van der Waals surface area (Å²) in [5, 5.41) is 8.42. The standard InChI is InChI=1S/C9H14O4.C4H6O2/c1-4-13-8(12)9(2,3)6-5-7(10)11;1-3-6-4(2)5/h4H,1,5-6H2,2-3H3,(H,10,11);3H,1H2,2H3. The van der Waals surface area contributed by atoms with Gasteiger partial charge in [0.2, 0.25) is 0 Å². The Morgan fingerprint density at radius 2 is 1.63 bits per heavy atom. The predicted octanol–water partition coefficient (Wildman–Crippen LogP) is 2.26. The molecule has 0 aromatic carbocycles. The van der Waals surface area contributed by atoms with Crippen LogP contribution in [0.5, 0.6) is 0 Å². The summed E-state index contributed by atoms with van der Waals surface area (Å²) in [7, 11) is 0. The van der Waals surface area contributed by atoms with Crippen LogP contribution in [0.3, 0.4) is 0 Å². The summed E-state index contributed by atoms with van der Waals surface area (Å²) in [5.74, 6) is -1.70. The van der Waals surface area contributed by atoms with Gasteiger partial charge in [-0.15, -0.1) is 0 Å². The van der Waals surface area contributed by atoms with E-state index in [1.54, 1.807) is 13.8 Å². The minimum atomic E-state index is -0.917. The zero-order valence-corrected chi connectivity index (χ0v) is 11.5. The second-order valence-corrected chi connectivity index (χ2v) is 4.13. The summed E-state index contributed by atoms with van der Waals surface area (Å²) >= 11 is 0. The van der Waals surface area contributed by atoms with E-state index in [2.05, 4.69) is 22.6 Å². The number of carboxylic acids is 1. The number of aliphatic carboxylic acids is 1. The molecular weight excluding hydrogens is 252 g/mol. The van der Waals surface area contributed by atoms with Crippen molar-refractivity contribution in [2.75, 3.05) is 0 Å². The van der Waals surface area contributed by atoms with E-state index >= 15 is 0 Å². The number of carbonyl (C=O) groups excluding carboxylic acids is 2. The second-order valence-electron chi connectivity index (χ2n) is 4.13. The van der Waals surface area contributed by atoms with E-state index in [0.717, 1.165) is 12.5 Å². The maximum absolute atomic E-state index is 11.2. The summed E-state index contributed by atoms with van der Waals surface area (Å²) < 4.78 is 8.74. The van der Waals surface area contributed by atoms with E-state index in [0.29, 0.717) is 0 Å². The van der Waals surface area contributed by atoms with Crippen LogP contribution in [0.2, 0.25) is 0 Å². The first-order valence-corrected chi connectivity index (χ1v) is 5.49. The van der Waals surface area contributed by atoms with Crippen molar-refractivity contribution in [3.8, 4) is 0 Å². The van der Waals surface area contributed by atoms with Gasteiger partial charge in [0.25, 0.3) is 0 Å². The maximum Gasteiger partial charge on any atom is 0.316 e. The van der Waals surface area contributed by atoms with E-state index in [1.807, 2.05) is 0 Å². The highest BCUT2D eigenvalue weighted by atomic mass is 16.5. The lowest BCUT2D eigenvalue weighted by Gasteiger charge is -2.19. The van der Waals surface area contributed by atoms with E-state index < -0.39 is 17.4 Å². The Kier molecular flexibility index (Phi) is 10.00. The Bertz CT molecular complexity index is 343. The quantitative estimate of drug-likeness (QED) is 0.589. The van der Waals surface area contributed by atoms with Crippen molar-refractivity contribution in [2.24, 2.45) is 5.41 Å². The van der Waals surface area contributed by atoms with Gasteiger partial charge in [-0.25, -0.2) is 0 Å². The molecule has 0 unspecified atom stereocenters. The zero-order valence-electron chi connectivity index (χ0n) is 11.5. The van der Waals surface area contributed by atoms with Crippen LogP contribution in [0.4, 0.5) is 0 Å². The van der Waals surface area contributed by atoms with E-state index in [4.69, 9.17) is 5.11 Å². The lowest BCUT2D eigenvalue weighted by Crippen LogP contribution is -2.26. The van der Waals surface area contributed by atoms with Crippen molar-refractivity contribution < 1.29 is 29.0 Å². The van der Waals surface area contributed by atoms with Gasteiger partial charge in [-0.1, -0.05) is 13.2 Å². The largest absolute Gasteiger partial charge is 0.481 e. The summed E-state index contributed by atoms with van der Waals surface area (Å²) in [6.45, 7) is 11.0. The number of ether oxygens (including phenoxy) is 2. The molecule has 0 aliphatic heterocycles. The minimum Gasteiger partial charge on any atom is -0.481 e. The van der Waals surface area contributed by atoms with Crippen LogP contribution in [-0.2, 0) is 23.9 Å². The Balaban J connectivity index is 0. The molecular formula is C13H20O6. The predicted molar refractivity (Wildman–Crippen MR) is 68.9 cm³/mol. The Labute approximate surface area is 112 Å². The van der Waals surface area contributed by atoms with Crippen molar-refractivity contribution in [3.63, 3.8) is 0 Å². The smallest absolute Gasteiger partial charge is 0.316 e. The fourth-order valence-electron chi connectivity index (χ4n) is 0.874. The van der Waals surface area contributed by atoms with E-state index in [9.17, 15) is 14.4 Å². The van der Waals surface area contributed by atoms with Crippen LogP contribution in [0.1, 0.15) is 33.6 Å². The molecule has 0 heterocycles. The Hall–Kier alpha value is -2.11. The van der Waals surface area contributed by atoms with Gasteiger partial charge in [-0.05, 0) is 20.3 Å². The molecule has 0 spiro atoms. The fourth-order valence-corrected chi connectivity index (χ4v) is 0.874. The third kappa shape index (κ3) is 12.1. The highest BCUT2D eigenvalue weighted by molar-refractivity contribution is 5.77. The van der Waals surface area contributed by atoms with Crippen LogP contribution in [-0.4, -0.2) is 23.0 Å². The molecule has 6 nitrogen and oxygen atoms in total. The Morgan fingerprint density at radius 3 is 1.89 bits per heavy atom. The van der Waals surface area contributed by atoms with Gasteiger partial charge in [0.1, 0.15) is 0 Å². The lowest BCUT2D eigenvalue weighted by atomic mass is 9.88. The first-order chi connectivity index (χ1) is 8.67. The Morgan fingerprint density at radius 1 is 1.16 bits per heavy atom. The molecule has 19 heavy (non-hydrogen) atoms. The number of esters is 2. The second kappa shape index (κ2) is 9.87. The average molecular weight is 272 g/mol. The number of rotatable bonds is 6. The van der Waals surface area contributed by atoms with Gasteiger partial charge >= 0.3 is 17.9 Å². The van der Waals surface area contributed by atoms with Crippen LogP contribution in [0.25, 0.3) is 0 Å². The summed E-state index contributed by atoms with van der Waals surface area (Å²) in [4.78, 5) is 31.2. The number of hydrogen-bond acceptors (Lipinski definition) is 5. The third-order valence-corrected chi connectivity index (χ3v) is 1.96. The highest BCUT2D eigenvalue weighted by Gasteiger charge is 2.29. The zero-order chi connectivity index (χ0) is 15.5. The molecule has 0 rings (SSSR count). The fraction of sp³-hybridized carbons (Fsp3) is 0.462. The van der Waals surface area contributed by atoms with Crippen LogP contribution in [0.15, 0.2) is 25.7 Å². The van der Waals surface area contributed by atoms with E-state index in [-0.39, 0.29) is 18.8 Å². The van der Waals surface area contributed by atoms with Crippen molar-refractivity contribution in [1.29, 1.82) is 0 Å². The molecule has 0 saturated carbocycles. The number of carboxylic acid groups (broad SMARTS) is 1. The van der Waals surface area contributed by atoms with Crippen LogP contribution >= 0.6 is 0 Å². The molecule has 0 aliphatic rings. The normalized spacial score (nSPS) is 9.42. The van der Waals surface area contributed by atoms with E-state index in [1.165, 1.54) is 6.92 Å². The molecule has 108 valence electrons. The molecule has 0 fully saturated rings. The first-order valence-electron chi connectivity index (χ1n) is 5.49. The SMILES string of the molecule is C=COC(=O)C(C)(C)CCC(=O)O.C=COC(C)=O. The molecule has 0 aromatic rings. The van der Waals surface area contributed by atoms with Crippen LogP contribution in [0, 0.1) is 5.41 Å². The molecule has 0 bridgehead atoms. The van der Waals surface area contributed by atoms with Gasteiger partial charge in [0, 0.05) is 13.3 Å². The highest BCUT2D eigenvalue weighted by Crippen LogP contribution is 2.24. The summed E-state index contributed by atoms with van der Waals surface area (Å²) in [5.41, 5.74) is -0.771. The van der Waals surface area contributed by atoms with Gasteiger partial charge in [-0.3, -0.25) is 14.4 Å². The maximum atomic E-state index is 11.2. The first kappa shape index (κ1) is 19.2. The number of carbonyl (C=O) groups is 3. The lowest BCUT2D eigenvalue weighted by molar-refractivity contribution is -0.149. The molecule has 6 heteroatoms. The molecule has 0 radical (unpaired) electrons. The van der Waals surface area contributed by atoms with Gasteiger partial charge < -0.3 is 14.6 Å². The third-order valence-electron chi connectivity index (χ3n) is 1.96. The van der Waals surface area contributed by atoms with Gasteiger partial charge in [0.05, 0.1) is 17.9 Å². The molecule has 0 aliphatic carbocycles. The van der Waals surface area contributed by atoms with Crippen molar-refractivity contribution in [2.45, 2.75) is 33.6 Å². The van der Waals surface area contributed by atoms with Crippen LogP contribution < -0.4 is 0 Å². The average Bonchev–Trinajstić information content (AvgIpc) is 2.27. The molecule has 0 saturated heterocycles. The molecule has 1 N–H and O–H groups in total. The summed E-state index contributed by atoms with van der Waals surface area (Å²) in [6.07, 6.45) is 2.36. The molecule has 0 atom stereocenters. The minimum absolute atomic E-state index is 0.0424. The van der Waals surface area contributed by atoms with Crippen molar-refractivity contribution in [3.05, 3.63) is 25.7 Å². The molecule has 0 amide bonds. The van der Waals surface area contributed by atoms with Gasteiger partial charge in [-0.2, -0.15) is 0 Å². The van der Waals surface area contributed by atoms with Crippen molar-refractivity contribution in [1.82, 2.24) is 0 Å². The van der Waals surface area contributed by atoms with Crippen molar-refractivity contribution >= 4 is 17.9 Å². The molecule has 0 aromatic heterocycles. The summed E-state index contributed by atoms with van der Waals surface area (Å²) in [6, 6.07) is 0. The topological polar surface area (TPSA) is 89.9 Å². The number of hydrogen-bond donors (Lipinski definition) is 1. The monoisotopic (exact) mass is 272 g/mol. The van der Waals surface area contributed by atoms with Gasteiger partial charge in [0.15, 0.2) is 0 Å².